The van der Waals surface area contributed by atoms with Gasteiger partial charge in [0.1, 0.15) is 24.8 Å². The summed E-state index contributed by atoms with van der Waals surface area (Å²) >= 11 is 5.98. The van der Waals surface area contributed by atoms with Crippen LogP contribution in [-0.2, 0) is 33.7 Å². The molecule has 1 aliphatic heterocycles. The van der Waals surface area contributed by atoms with Gasteiger partial charge in [-0.1, -0.05) is 23.7 Å². The third kappa shape index (κ3) is 6.18. The molecule has 1 aliphatic carbocycles. The fourth-order valence-corrected chi connectivity index (χ4v) is 5.03. The molecule has 200 valence electrons. The van der Waals surface area contributed by atoms with Crippen LogP contribution in [0.1, 0.15) is 16.7 Å². The predicted molar refractivity (Wildman–Crippen MR) is 147 cm³/mol. The van der Waals surface area contributed by atoms with Gasteiger partial charge in [-0.25, -0.2) is 9.78 Å². The number of halogens is 1. The molecule has 0 bridgehead atoms. The van der Waals surface area contributed by atoms with E-state index in [0.717, 1.165) is 79.5 Å². The molecular weight excluding hydrogens is 506 g/mol. The number of ether oxygens (including phenoxy) is 3. The van der Waals surface area contributed by atoms with Gasteiger partial charge in [-0.05, 0) is 54.3 Å². The van der Waals surface area contributed by atoms with Gasteiger partial charge in [-0.15, -0.1) is 0 Å². The number of aromatic nitrogens is 2. The second-order valence-corrected chi connectivity index (χ2v) is 9.86. The molecular formula is C28H32ClN5O4. The number of hydrogen-bond acceptors (Lipinski definition) is 9. The van der Waals surface area contributed by atoms with E-state index in [0.29, 0.717) is 18.2 Å². The fraction of sp³-hybridized carbons (Fsp3) is 0.393. The molecule has 9 nitrogen and oxygen atoms in total. The highest BCUT2D eigenvalue weighted by Gasteiger charge is 2.27. The van der Waals surface area contributed by atoms with Crippen molar-refractivity contribution in [1.29, 1.82) is 0 Å². The molecule has 1 fully saturated rings. The highest BCUT2D eigenvalue weighted by Crippen LogP contribution is 2.38. The van der Waals surface area contributed by atoms with Gasteiger partial charge in [0, 0.05) is 48.9 Å². The van der Waals surface area contributed by atoms with E-state index in [2.05, 4.69) is 36.6 Å². The standard InChI is InChI=1S/C28H32ClN5O4/c1-36-25(35)18-37-15-14-33-10-12-34(13-11-33)27-24-8-4-20-16-22(38-17-19-2-5-21(29)6-3-19)7-9-23(20)26(24)31-28(30)32-27/h2-3,5-7,9,16H,4,8,10-15,17-18H2,1H3,(H2,30,31,32). The van der Waals surface area contributed by atoms with Crippen molar-refractivity contribution in [3.63, 3.8) is 0 Å². The zero-order chi connectivity index (χ0) is 26.5. The average Bonchev–Trinajstić information content (AvgIpc) is 2.94. The molecule has 0 unspecified atom stereocenters. The lowest BCUT2D eigenvalue weighted by molar-refractivity contribution is -0.146. The van der Waals surface area contributed by atoms with Crippen LogP contribution < -0.4 is 15.4 Å². The Kier molecular flexibility index (Phi) is 8.26. The number of rotatable bonds is 9. The first-order valence-corrected chi connectivity index (χ1v) is 13.2. The van der Waals surface area contributed by atoms with Crippen molar-refractivity contribution < 1.29 is 19.0 Å². The van der Waals surface area contributed by atoms with E-state index in [1.165, 1.54) is 12.7 Å². The Morgan fingerprint density at radius 2 is 1.84 bits per heavy atom. The number of esters is 1. The van der Waals surface area contributed by atoms with Gasteiger partial charge in [-0.3, -0.25) is 4.90 Å². The molecule has 2 aromatic carbocycles. The summed E-state index contributed by atoms with van der Waals surface area (Å²) in [5, 5.41) is 0.714. The van der Waals surface area contributed by atoms with Crippen molar-refractivity contribution in [2.45, 2.75) is 19.4 Å². The van der Waals surface area contributed by atoms with Crippen LogP contribution in [0.2, 0.25) is 5.02 Å². The van der Waals surface area contributed by atoms with Gasteiger partial charge in [0.2, 0.25) is 5.95 Å². The van der Waals surface area contributed by atoms with Crippen LogP contribution in [0.25, 0.3) is 11.3 Å². The molecule has 0 atom stereocenters. The van der Waals surface area contributed by atoms with Gasteiger partial charge in [-0.2, -0.15) is 4.98 Å². The number of piperazine rings is 1. The molecule has 0 spiro atoms. The van der Waals surface area contributed by atoms with Gasteiger partial charge in [0.15, 0.2) is 0 Å². The lowest BCUT2D eigenvalue weighted by atomic mass is 9.88. The highest BCUT2D eigenvalue weighted by molar-refractivity contribution is 6.30. The number of methoxy groups -OCH3 is 1. The Labute approximate surface area is 227 Å². The molecule has 0 saturated carbocycles. The summed E-state index contributed by atoms with van der Waals surface area (Å²) in [6, 6.07) is 13.8. The van der Waals surface area contributed by atoms with E-state index in [1.807, 2.05) is 30.3 Å². The van der Waals surface area contributed by atoms with E-state index < -0.39 is 0 Å². The van der Waals surface area contributed by atoms with E-state index in [-0.39, 0.29) is 18.5 Å². The van der Waals surface area contributed by atoms with E-state index in [4.69, 9.17) is 26.8 Å². The number of nitrogens with zero attached hydrogens (tertiary/aromatic N) is 4. The fourth-order valence-electron chi connectivity index (χ4n) is 4.90. The van der Waals surface area contributed by atoms with Crippen LogP contribution in [0.3, 0.4) is 0 Å². The lowest BCUT2D eigenvalue weighted by Gasteiger charge is -2.37. The monoisotopic (exact) mass is 537 g/mol. The number of nitrogens with two attached hydrogens (primary N) is 1. The largest absolute Gasteiger partial charge is 0.489 e. The van der Waals surface area contributed by atoms with Crippen molar-refractivity contribution in [1.82, 2.24) is 14.9 Å². The summed E-state index contributed by atoms with van der Waals surface area (Å²) in [6.45, 7) is 5.16. The zero-order valence-corrected chi connectivity index (χ0v) is 22.2. The molecule has 2 N–H and O–H groups in total. The summed E-state index contributed by atoms with van der Waals surface area (Å²) in [5.41, 5.74) is 11.6. The maximum absolute atomic E-state index is 11.2. The van der Waals surface area contributed by atoms with Gasteiger partial charge in [0.25, 0.3) is 0 Å². The number of benzene rings is 2. The average molecular weight is 538 g/mol. The number of carbonyl (C=O) groups excluding carboxylic acids is 1. The quantitative estimate of drug-likeness (QED) is 0.325. The Morgan fingerprint density at radius 3 is 2.61 bits per heavy atom. The predicted octanol–water partition coefficient (Wildman–Crippen LogP) is 3.37. The molecule has 38 heavy (non-hydrogen) atoms. The maximum Gasteiger partial charge on any atom is 0.331 e. The molecule has 1 saturated heterocycles. The number of aryl methyl sites for hydroxylation is 1. The van der Waals surface area contributed by atoms with E-state index in [1.54, 1.807) is 0 Å². The van der Waals surface area contributed by atoms with Crippen molar-refractivity contribution in [2.75, 3.05) is 63.7 Å². The minimum absolute atomic E-state index is 0.0136. The number of carbonyl (C=O) groups is 1. The van der Waals surface area contributed by atoms with Crippen LogP contribution in [0.15, 0.2) is 42.5 Å². The molecule has 0 radical (unpaired) electrons. The topological polar surface area (TPSA) is 103 Å². The molecule has 2 heterocycles. The van der Waals surface area contributed by atoms with Crippen molar-refractivity contribution >= 4 is 29.3 Å². The van der Waals surface area contributed by atoms with Crippen LogP contribution in [0.4, 0.5) is 11.8 Å². The first-order chi connectivity index (χ1) is 18.5. The summed E-state index contributed by atoms with van der Waals surface area (Å²) in [5.74, 6) is 1.69. The zero-order valence-electron chi connectivity index (χ0n) is 21.5. The number of hydrogen-bond donors (Lipinski definition) is 1. The van der Waals surface area contributed by atoms with E-state index in [9.17, 15) is 4.79 Å². The third-order valence-corrected chi connectivity index (χ3v) is 7.22. The Balaban J connectivity index is 1.24. The van der Waals surface area contributed by atoms with Crippen molar-refractivity contribution in [2.24, 2.45) is 0 Å². The SMILES string of the molecule is COC(=O)COCCN1CCN(c2nc(N)nc3c2CCc2cc(OCc4ccc(Cl)cc4)ccc2-3)CC1. The smallest absolute Gasteiger partial charge is 0.331 e. The summed E-state index contributed by atoms with van der Waals surface area (Å²) in [7, 11) is 1.36. The highest BCUT2D eigenvalue weighted by atomic mass is 35.5. The van der Waals surface area contributed by atoms with Gasteiger partial charge < -0.3 is 24.8 Å². The second kappa shape index (κ2) is 12.0. The van der Waals surface area contributed by atoms with E-state index >= 15 is 0 Å². The third-order valence-electron chi connectivity index (χ3n) is 6.97. The molecule has 2 aliphatic rings. The molecule has 1 aromatic heterocycles. The molecule has 5 rings (SSSR count). The van der Waals surface area contributed by atoms with Crippen LogP contribution >= 0.6 is 11.6 Å². The van der Waals surface area contributed by atoms with Crippen molar-refractivity contribution in [3.8, 4) is 17.0 Å². The van der Waals surface area contributed by atoms with Gasteiger partial charge in [0.05, 0.1) is 19.4 Å². The first-order valence-electron chi connectivity index (χ1n) is 12.8. The summed E-state index contributed by atoms with van der Waals surface area (Å²) in [6.07, 6.45) is 1.73. The number of nitrogen functional groups attached to an aromatic ring is 1. The summed E-state index contributed by atoms with van der Waals surface area (Å²) in [4.78, 5) is 25.1. The minimum atomic E-state index is -0.357. The Bertz CT molecular complexity index is 1280. The number of fused-ring (bicyclic) bond motifs is 3. The maximum atomic E-state index is 11.2. The first kappa shape index (κ1) is 26.2. The normalized spacial score (nSPS) is 15.1. The molecule has 0 amide bonds. The summed E-state index contributed by atoms with van der Waals surface area (Å²) < 4.78 is 16.0. The Morgan fingerprint density at radius 1 is 1.05 bits per heavy atom. The Hall–Kier alpha value is -3.40. The molecule has 10 heteroatoms. The van der Waals surface area contributed by atoms with Crippen LogP contribution in [0.5, 0.6) is 5.75 Å². The van der Waals surface area contributed by atoms with Crippen molar-refractivity contribution in [3.05, 3.63) is 64.2 Å². The van der Waals surface area contributed by atoms with Crippen LogP contribution in [-0.4, -0.2) is 73.9 Å². The number of anilines is 2. The molecule has 3 aromatic rings. The second-order valence-electron chi connectivity index (χ2n) is 9.42. The lowest BCUT2D eigenvalue weighted by Crippen LogP contribution is -2.48. The minimum Gasteiger partial charge on any atom is -0.489 e. The van der Waals surface area contributed by atoms with Crippen LogP contribution in [0, 0.1) is 0 Å². The van der Waals surface area contributed by atoms with Gasteiger partial charge >= 0.3 is 5.97 Å².